The standard InChI is InChI=1S/C19H28N2O6/c1-18(2,3)27-15(22)11-7-10-14(20)19(21,16(23)24)17(25)26-12-13-8-5-4-6-9-13/h4-6,8-9,14H,7,10-12,20-21H2,1-3H3,(H,23,24). The van der Waals surface area contributed by atoms with E-state index in [4.69, 9.17) is 20.9 Å². The van der Waals surface area contributed by atoms with Crippen molar-refractivity contribution in [2.45, 2.75) is 63.8 Å². The molecule has 0 saturated heterocycles. The van der Waals surface area contributed by atoms with Crippen LogP contribution in [0.1, 0.15) is 45.6 Å². The quantitative estimate of drug-likeness (QED) is 0.430. The number of benzene rings is 1. The van der Waals surface area contributed by atoms with Crippen molar-refractivity contribution in [3.8, 4) is 0 Å². The van der Waals surface area contributed by atoms with Gasteiger partial charge in [0.2, 0.25) is 5.54 Å². The number of rotatable bonds is 9. The molecule has 2 unspecified atom stereocenters. The van der Waals surface area contributed by atoms with E-state index < -0.39 is 35.1 Å². The molecule has 0 saturated carbocycles. The second-order valence-corrected chi connectivity index (χ2v) is 7.32. The lowest BCUT2D eigenvalue weighted by molar-refractivity contribution is -0.163. The maximum absolute atomic E-state index is 12.3. The predicted molar refractivity (Wildman–Crippen MR) is 98.5 cm³/mol. The van der Waals surface area contributed by atoms with E-state index in [0.717, 1.165) is 0 Å². The summed E-state index contributed by atoms with van der Waals surface area (Å²) in [6.07, 6.45) is 0.316. The molecule has 1 aromatic rings. The Kier molecular flexibility index (Phi) is 7.93. The van der Waals surface area contributed by atoms with Crippen LogP contribution in [-0.4, -0.2) is 40.2 Å². The molecule has 0 aliphatic carbocycles. The topological polar surface area (TPSA) is 142 Å². The highest BCUT2D eigenvalue weighted by Gasteiger charge is 2.49. The highest BCUT2D eigenvalue weighted by molar-refractivity contribution is 6.04. The third kappa shape index (κ3) is 6.99. The Morgan fingerprint density at radius 1 is 1.15 bits per heavy atom. The molecule has 1 aromatic carbocycles. The minimum absolute atomic E-state index is 0.0414. The first kappa shape index (κ1) is 22.6. The zero-order valence-electron chi connectivity index (χ0n) is 15.9. The maximum atomic E-state index is 12.3. The molecule has 2 atom stereocenters. The summed E-state index contributed by atoms with van der Waals surface area (Å²) >= 11 is 0. The Hall–Kier alpha value is -2.45. The average molecular weight is 380 g/mol. The van der Waals surface area contributed by atoms with Crippen LogP contribution in [0.5, 0.6) is 0 Å². The molecular weight excluding hydrogens is 352 g/mol. The van der Waals surface area contributed by atoms with Crippen LogP contribution in [0, 0.1) is 0 Å². The second kappa shape index (κ2) is 9.48. The fraction of sp³-hybridized carbons (Fsp3) is 0.526. The minimum atomic E-state index is -2.40. The van der Waals surface area contributed by atoms with Crippen molar-refractivity contribution >= 4 is 17.9 Å². The number of ether oxygens (including phenoxy) is 2. The number of nitrogens with two attached hydrogens (primary N) is 2. The zero-order chi connectivity index (χ0) is 20.7. The zero-order valence-corrected chi connectivity index (χ0v) is 15.9. The molecule has 0 aliphatic heterocycles. The summed E-state index contributed by atoms with van der Waals surface area (Å²) in [6.45, 7) is 5.12. The molecule has 0 aromatic heterocycles. The van der Waals surface area contributed by atoms with Gasteiger partial charge in [0.15, 0.2) is 0 Å². The summed E-state index contributed by atoms with van der Waals surface area (Å²) in [5.41, 5.74) is 9.35. The Balaban J connectivity index is 2.64. The van der Waals surface area contributed by atoms with E-state index in [9.17, 15) is 19.5 Å². The molecule has 0 aliphatic rings. The lowest BCUT2D eigenvalue weighted by atomic mass is 9.88. The molecule has 150 valence electrons. The summed E-state index contributed by atoms with van der Waals surface area (Å²) < 4.78 is 10.2. The van der Waals surface area contributed by atoms with Gasteiger partial charge in [-0.3, -0.25) is 4.79 Å². The van der Waals surface area contributed by atoms with Crippen LogP contribution in [0.25, 0.3) is 0 Å². The van der Waals surface area contributed by atoms with Gasteiger partial charge in [0.25, 0.3) is 0 Å². The Morgan fingerprint density at radius 3 is 2.26 bits per heavy atom. The fourth-order valence-corrected chi connectivity index (χ4v) is 2.33. The first-order chi connectivity index (χ1) is 12.5. The van der Waals surface area contributed by atoms with Crippen LogP contribution in [0.15, 0.2) is 30.3 Å². The van der Waals surface area contributed by atoms with Gasteiger partial charge in [-0.25, -0.2) is 9.59 Å². The van der Waals surface area contributed by atoms with Gasteiger partial charge in [-0.15, -0.1) is 0 Å². The van der Waals surface area contributed by atoms with Gasteiger partial charge >= 0.3 is 17.9 Å². The fourth-order valence-electron chi connectivity index (χ4n) is 2.33. The van der Waals surface area contributed by atoms with Crippen molar-refractivity contribution in [3.05, 3.63) is 35.9 Å². The maximum Gasteiger partial charge on any atom is 0.339 e. The molecule has 0 amide bonds. The highest BCUT2D eigenvalue weighted by atomic mass is 16.6. The van der Waals surface area contributed by atoms with E-state index in [2.05, 4.69) is 0 Å². The molecule has 0 spiro atoms. The van der Waals surface area contributed by atoms with Crippen LogP contribution in [-0.2, 0) is 30.5 Å². The van der Waals surface area contributed by atoms with Crippen LogP contribution in [0.2, 0.25) is 0 Å². The van der Waals surface area contributed by atoms with Gasteiger partial charge in [0.1, 0.15) is 12.2 Å². The van der Waals surface area contributed by atoms with Crippen LogP contribution >= 0.6 is 0 Å². The van der Waals surface area contributed by atoms with Crippen molar-refractivity contribution in [1.82, 2.24) is 0 Å². The number of hydrogen-bond acceptors (Lipinski definition) is 7. The van der Waals surface area contributed by atoms with Gasteiger partial charge in [-0.05, 0) is 39.2 Å². The van der Waals surface area contributed by atoms with Crippen molar-refractivity contribution in [2.75, 3.05) is 0 Å². The lowest BCUT2D eigenvalue weighted by Gasteiger charge is -2.29. The third-order valence-electron chi connectivity index (χ3n) is 3.81. The van der Waals surface area contributed by atoms with E-state index in [1.54, 1.807) is 51.1 Å². The SMILES string of the molecule is CC(C)(C)OC(=O)CCCC(N)C(N)(C(=O)O)C(=O)OCc1ccccc1. The first-order valence-electron chi connectivity index (χ1n) is 8.67. The van der Waals surface area contributed by atoms with Crippen molar-refractivity contribution < 1.29 is 29.0 Å². The summed E-state index contributed by atoms with van der Waals surface area (Å²) in [5.74, 6) is -3.13. The molecular formula is C19H28N2O6. The normalized spacial score (nSPS) is 14.7. The molecule has 27 heavy (non-hydrogen) atoms. The van der Waals surface area contributed by atoms with Gasteiger partial charge in [0, 0.05) is 12.5 Å². The summed E-state index contributed by atoms with van der Waals surface area (Å²) in [7, 11) is 0. The number of hydrogen-bond donors (Lipinski definition) is 3. The van der Waals surface area contributed by atoms with Crippen LogP contribution in [0.4, 0.5) is 0 Å². The number of esters is 2. The smallest absolute Gasteiger partial charge is 0.339 e. The molecule has 0 fully saturated rings. The minimum Gasteiger partial charge on any atom is -0.479 e. The van der Waals surface area contributed by atoms with E-state index in [0.29, 0.717) is 5.56 Å². The van der Waals surface area contributed by atoms with Gasteiger partial charge in [-0.2, -0.15) is 0 Å². The average Bonchev–Trinajstić information content (AvgIpc) is 2.57. The van der Waals surface area contributed by atoms with Crippen molar-refractivity contribution in [1.29, 1.82) is 0 Å². The number of aliphatic carboxylic acids is 1. The number of carboxylic acid groups (broad SMARTS) is 1. The van der Waals surface area contributed by atoms with Crippen LogP contribution in [0.3, 0.4) is 0 Å². The molecule has 1 rings (SSSR count). The first-order valence-corrected chi connectivity index (χ1v) is 8.67. The summed E-state index contributed by atoms with van der Waals surface area (Å²) in [6, 6.07) is 7.56. The predicted octanol–water partition coefficient (Wildman–Crippen LogP) is 1.35. The van der Waals surface area contributed by atoms with Crippen molar-refractivity contribution in [3.63, 3.8) is 0 Å². The highest BCUT2D eigenvalue weighted by Crippen LogP contribution is 2.17. The number of carbonyl (C=O) groups excluding carboxylic acids is 2. The van der Waals surface area contributed by atoms with Gasteiger partial charge in [0.05, 0.1) is 0 Å². The Labute approximate surface area is 158 Å². The summed E-state index contributed by atoms with van der Waals surface area (Å²) in [4.78, 5) is 35.6. The van der Waals surface area contributed by atoms with E-state index in [1.165, 1.54) is 0 Å². The molecule has 8 heteroatoms. The second-order valence-electron chi connectivity index (χ2n) is 7.32. The number of carbonyl (C=O) groups is 3. The summed E-state index contributed by atoms with van der Waals surface area (Å²) in [5, 5.41) is 9.43. The molecule has 5 N–H and O–H groups in total. The van der Waals surface area contributed by atoms with E-state index in [1.807, 2.05) is 0 Å². The van der Waals surface area contributed by atoms with Gasteiger partial charge in [-0.1, -0.05) is 30.3 Å². The van der Waals surface area contributed by atoms with Crippen LogP contribution < -0.4 is 11.5 Å². The molecule has 8 nitrogen and oxygen atoms in total. The Morgan fingerprint density at radius 2 is 1.74 bits per heavy atom. The monoisotopic (exact) mass is 380 g/mol. The van der Waals surface area contributed by atoms with Crippen molar-refractivity contribution in [2.24, 2.45) is 11.5 Å². The Bertz CT molecular complexity index is 656. The molecule has 0 heterocycles. The van der Waals surface area contributed by atoms with E-state index in [-0.39, 0.29) is 25.9 Å². The largest absolute Gasteiger partial charge is 0.479 e. The van der Waals surface area contributed by atoms with E-state index >= 15 is 0 Å². The molecule has 0 bridgehead atoms. The molecule has 0 radical (unpaired) electrons. The number of carboxylic acids is 1. The lowest BCUT2D eigenvalue weighted by Crippen LogP contribution is -2.66. The third-order valence-corrected chi connectivity index (χ3v) is 3.81. The van der Waals surface area contributed by atoms with Gasteiger partial charge < -0.3 is 26.0 Å².